The average Bonchev–Trinajstić information content (AvgIpc) is 2.62. The van der Waals surface area contributed by atoms with E-state index in [1.165, 1.54) is 0 Å². The Labute approximate surface area is 119 Å². The topological polar surface area (TPSA) is 70.2 Å². The quantitative estimate of drug-likeness (QED) is 0.777. The number of hydrogen-bond donors (Lipinski definition) is 3. The molecule has 2 rings (SSSR count). The molecule has 1 atom stereocenters. The van der Waals surface area contributed by atoms with Gasteiger partial charge in [-0.15, -0.1) is 0 Å². The minimum atomic E-state index is -3.25. The van der Waals surface area contributed by atoms with E-state index < -0.39 is 10.0 Å². The van der Waals surface area contributed by atoms with Crippen molar-refractivity contribution in [1.82, 2.24) is 5.32 Å². The maximum Gasteiger partial charge on any atom is 0.229 e. The normalized spacial score (nSPS) is 19.0. The number of hydrogen-bond acceptors (Lipinski definition) is 5. The number of sulfonamides is 1. The van der Waals surface area contributed by atoms with Crippen molar-refractivity contribution >= 4 is 49.1 Å². The summed E-state index contributed by atoms with van der Waals surface area (Å²) >= 11 is 4.97. The zero-order chi connectivity index (χ0) is 13.2. The van der Waals surface area contributed by atoms with Crippen LogP contribution in [0.15, 0.2) is 34.3 Å². The van der Waals surface area contributed by atoms with Crippen LogP contribution in [-0.4, -0.2) is 20.2 Å². The maximum absolute atomic E-state index is 11.1. The summed E-state index contributed by atoms with van der Waals surface area (Å²) in [5.41, 5.74) is 1.41. The molecule has 0 spiro atoms. The van der Waals surface area contributed by atoms with E-state index in [2.05, 4.69) is 31.3 Å². The summed E-state index contributed by atoms with van der Waals surface area (Å²) in [6.07, 6.45) is 2.99. The largest absolute Gasteiger partial charge is 0.361 e. The summed E-state index contributed by atoms with van der Waals surface area (Å²) in [5.74, 6) is 0. The molecular formula is C10H12BrN3O2S2. The molecule has 3 N–H and O–H groups in total. The fraction of sp³-hybridized carbons (Fsp3) is 0.200. The highest BCUT2D eigenvalue weighted by atomic mass is 79.9. The van der Waals surface area contributed by atoms with E-state index in [-0.39, 0.29) is 5.50 Å². The lowest BCUT2D eigenvalue weighted by Gasteiger charge is -2.15. The summed E-state index contributed by atoms with van der Waals surface area (Å²) < 4.78 is 25.7. The van der Waals surface area contributed by atoms with Crippen LogP contribution in [0.5, 0.6) is 0 Å². The Morgan fingerprint density at radius 3 is 2.72 bits per heavy atom. The van der Waals surface area contributed by atoms with E-state index >= 15 is 0 Å². The molecule has 0 saturated heterocycles. The monoisotopic (exact) mass is 349 g/mol. The number of nitrogens with one attached hydrogen (secondary N) is 3. The minimum absolute atomic E-state index is 0.0351. The van der Waals surface area contributed by atoms with Gasteiger partial charge in [-0.1, -0.05) is 17.8 Å². The number of anilines is 2. The highest BCUT2D eigenvalue weighted by Gasteiger charge is 2.14. The molecule has 0 aromatic heterocycles. The van der Waals surface area contributed by atoms with Crippen LogP contribution in [0.25, 0.3) is 0 Å². The Balaban J connectivity index is 2.04. The number of benzene rings is 1. The molecule has 5 nitrogen and oxygen atoms in total. The van der Waals surface area contributed by atoms with E-state index in [1.54, 1.807) is 30.0 Å². The third-order valence-electron chi connectivity index (χ3n) is 2.04. The van der Waals surface area contributed by atoms with Gasteiger partial charge in [0.15, 0.2) is 5.50 Å². The molecule has 0 saturated carbocycles. The molecule has 1 heterocycles. The van der Waals surface area contributed by atoms with E-state index in [4.69, 9.17) is 0 Å². The van der Waals surface area contributed by atoms with Crippen molar-refractivity contribution in [3.8, 4) is 0 Å². The van der Waals surface area contributed by atoms with E-state index in [0.717, 1.165) is 15.8 Å². The number of halogens is 1. The van der Waals surface area contributed by atoms with Crippen molar-refractivity contribution in [3.63, 3.8) is 0 Å². The highest BCUT2D eigenvalue weighted by molar-refractivity contribution is 9.14. The Bertz CT molecular complexity index is 574. The van der Waals surface area contributed by atoms with Crippen LogP contribution in [0.3, 0.4) is 0 Å². The maximum atomic E-state index is 11.1. The smallest absolute Gasteiger partial charge is 0.229 e. The molecule has 8 heteroatoms. The standard InChI is InChI=1S/C10H12BrN3O2S2/c1-18(15,16)14-8-4-2-3-7(5-8)13-10-12-6-9(11)17-10/h2-6,10,12-14H,1H3. The van der Waals surface area contributed by atoms with Crippen LogP contribution in [0.2, 0.25) is 0 Å². The number of rotatable bonds is 4. The zero-order valence-electron chi connectivity index (χ0n) is 9.48. The second-order valence-corrected chi connectivity index (χ2v) is 7.99. The molecule has 98 valence electrons. The predicted molar refractivity (Wildman–Crippen MR) is 80.1 cm³/mol. The molecule has 1 unspecified atom stereocenters. The van der Waals surface area contributed by atoms with Crippen molar-refractivity contribution < 1.29 is 8.42 Å². The van der Waals surface area contributed by atoms with Gasteiger partial charge in [-0.25, -0.2) is 8.42 Å². The van der Waals surface area contributed by atoms with Gasteiger partial charge in [0.25, 0.3) is 0 Å². The van der Waals surface area contributed by atoms with E-state index in [1.807, 2.05) is 12.3 Å². The third kappa shape index (κ3) is 4.11. The lowest BCUT2D eigenvalue weighted by atomic mass is 10.3. The zero-order valence-corrected chi connectivity index (χ0v) is 12.7. The SMILES string of the molecule is CS(=O)(=O)Nc1cccc(NC2NC=C(Br)S2)c1. The predicted octanol–water partition coefficient (Wildman–Crippen LogP) is 2.28. The fourth-order valence-corrected chi connectivity index (χ4v) is 3.37. The molecule has 1 aromatic carbocycles. The lowest BCUT2D eigenvalue weighted by molar-refractivity contribution is 0.607. The van der Waals surface area contributed by atoms with Crippen molar-refractivity contribution in [2.24, 2.45) is 0 Å². The van der Waals surface area contributed by atoms with Gasteiger partial charge < -0.3 is 10.6 Å². The number of thioether (sulfide) groups is 1. The van der Waals surface area contributed by atoms with Gasteiger partial charge >= 0.3 is 0 Å². The second kappa shape index (κ2) is 5.41. The Hall–Kier alpha value is -0.860. The van der Waals surface area contributed by atoms with E-state index in [9.17, 15) is 8.42 Å². The molecule has 0 fully saturated rings. The van der Waals surface area contributed by atoms with E-state index in [0.29, 0.717) is 5.69 Å². The fourth-order valence-electron chi connectivity index (χ4n) is 1.43. The first-order valence-corrected chi connectivity index (χ1v) is 8.61. The van der Waals surface area contributed by atoms with Gasteiger partial charge in [-0.3, -0.25) is 4.72 Å². The van der Waals surface area contributed by atoms with Crippen molar-refractivity contribution in [2.75, 3.05) is 16.3 Å². The lowest BCUT2D eigenvalue weighted by Crippen LogP contribution is -2.25. The van der Waals surface area contributed by atoms with Gasteiger partial charge in [-0.2, -0.15) is 0 Å². The van der Waals surface area contributed by atoms with Crippen LogP contribution < -0.4 is 15.4 Å². The Morgan fingerprint density at radius 2 is 2.11 bits per heavy atom. The third-order valence-corrected chi connectivity index (χ3v) is 4.27. The van der Waals surface area contributed by atoms with Gasteiger partial charge in [-0.05, 0) is 34.1 Å². The molecule has 0 amide bonds. The van der Waals surface area contributed by atoms with Crippen LogP contribution in [0.4, 0.5) is 11.4 Å². The van der Waals surface area contributed by atoms with Gasteiger partial charge in [0.1, 0.15) is 0 Å². The first-order valence-electron chi connectivity index (χ1n) is 5.05. The summed E-state index contributed by atoms with van der Waals surface area (Å²) in [5, 5.41) is 6.36. The molecule has 0 aliphatic carbocycles. The van der Waals surface area contributed by atoms with Crippen LogP contribution in [0, 0.1) is 0 Å². The highest BCUT2D eigenvalue weighted by Crippen LogP contribution is 2.31. The van der Waals surface area contributed by atoms with Crippen molar-refractivity contribution in [3.05, 3.63) is 34.3 Å². The van der Waals surface area contributed by atoms with Gasteiger partial charge in [0.2, 0.25) is 10.0 Å². The molecule has 0 bridgehead atoms. The molecule has 1 aromatic rings. The molecule has 18 heavy (non-hydrogen) atoms. The first kappa shape index (κ1) is 13.6. The van der Waals surface area contributed by atoms with Crippen molar-refractivity contribution in [1.29, 1.82) is 0 Å². The summed E-state index contributed by atoms with van der Waals surface area (Å²) in [6, 6.07) is 7.12. The summed E-state index contributed by atoms with van der Waals surface area (Å²) in [4.78, 5) is 0. The van der Waals surface area contributed by atoms with Crippen LogP contribution in [0.1, 0.15) is 0 Å². The molecule has 0 radical (unpaired) electrons. The molecular weight excluding hydrogens is 338 g/mol. The summed E-state index contributed by atoms with van der Waals surface area (Å²) in [6.45, 7) is 0. The second-order valence-electron chi connectivity index (χ2n) is 3.71. The van der Waals surface area contributed by atoms with Gasteiger partial charge in [0, 0.05) is 11.9 Å². The van der Waals surface area contributed by atoms with Crippen molar-refractivity contribution in [2.45, 2.75) is 5.50 Å². The first-order chi connectivity index (χ1) is 8.42. The van der Waals surface area contributed by atoms with Crippen LogP contribution in [-0.2, 0) is 10.0 Å². The average molecular weight is 350 g/mol. The van der Waals surface area contributed by atoms with Crippen LogP contribution >= 0.6 is 27.7 Å². The molecule has 1 aliphatic heterocycles. The minimum Gasteiger partial charge on any atom is -0.361 e. The summed E-state index contributed by atoms with van der Waals surface area (Å²) in [7, 11) is -3.25. The van der Waals surface area contributed by atoms with Gasteiger partial charge in [0.05, 0.1) is 15.8 Å². The Morgan fingerprint density at radius 1 is 1.39 bits per heavy atom. The molecule has 1 aliphatic rings. The Kier molecular flexibility index (Phi) is 4.08.